The molecule has 2 N–H and O–H groups in total. The minimum atomic E-state index is -3.56. The lowest BCUT2D eigenvalue weighted by Gasteiger charge is -2.16. The van der Waals surface area contributed by atoms with E-state index in [4.69, 9.17) is 11.6 Å². The van der Waals surface area contributed by atoms with Crippen LogP contribution in [0, 0.1) is 0 Å². The lowest BCUT2D eigenvalue weighted by molar-refractivity contribution is 0.249. The van der Waals surface area contributed by atoms with Gasteiger partial charge in [0.1, 0.15) is 0 Å². The zero-order chi connectivity index (χ0) is 18.6. The summed E-state index contributed by atoms with van der Waals surface area (Å²) in [6, 6.07) is 12.6. The van der Waals surface area contributed by atoms with Gasteiger partial charge in [0.05, 0.1) is 10.9 Å². The Hall–Kier alpha value is -2.09. The molecule has 0 aromatic heterocycles. The Bertz CT molecular complexity index is 852. The zero-order valence-electron chi connectivity index (χ0n) is 14.2. The molecule has 0 unspecified atom stereocenters. The molecular formula is C17H20ClN3O3S. The number of amides is 2. The topological polar surface area (TPSA) is 78.5 Å². The number of hydrogen-bond donors (Lipinski definition) is 2. The molecule has 0 spiro atoms. The third-order valence-corrected chi connectivity index (χ3v) is 5.65. The number of benzene rings is 2. The van der Waals surface area contributed by atoms with Gasteiger partial charge < -0.3 is 10.6 Å². The summed E-state index contributed by atoms with van der Waals surface area (Å²) in [5.74, 6) is 0. The molecule has 2 rings (SSSR count). The van der Waals surface area contributed by atoms with Crippen molar-refractivity contribution in [2.45, 2.75) is 17.9 Å². The highest BCUT2D eigenvalue weighted by atomic mass is 35.5. The molecule has 0 radical (unpaired) electrons. The summed E-state index contributed by atoms with van der Waals surface area (Å²) >= 11 is 5.85. The summed E-state index contributed by atoms with van der Waals surface area (Å²) in [6.45, 7) is 1.84. The Balaban J connectivity index is 2.07. The molecule has 0 saturated heterocycles. The van der Waals surface area contributed by atoms with Crippen LogP contribution >= 0.6 is 11.6 Å². The highest BCUT2D eigenvalue weighted by molar-refractivity contribution is 7.89. The van der Waals surface area contributed by atoms with Crippen LogP contribution < -0.4 is 10.6 Å². The molecule has 0 saturated carbocycles. The maximum absolute atomic E-state index is 12.1. The molecule has 0 aliphatic rings. The Morgan fingerprint density at radius 1 is 1.12 bits per heavy atom. The van der Waals surface area contributed by atoms with Gasteiger partial charge in [0.2, 0.25) is 10.0 Å². The molecule has 0 bridgehead atoms. The van der Waals surface area contributed by atoms with Crippen molar-refractivity contribution in [3.8, 4) is 0 Å². The summed E-state index contributed by atoms with van der Waals surface area (Å²) in [7, 11) is -0.648. The van der Waals surface area contributed by atoms with E-state index in [0.29, 0.717) is 10.7 Å². The minimum Gasteiger partial charge on any atom is -0.331 e. The fraction of sp³-hybridized carbons (Fsp3) is 0.235. The number of nitrogens with zero attached hydrogens (tertiary/aromatic N) is 1. The van der Waals surface area contributed by atoms with Gasteiger partial charge in [-0.2, -0.15) is 0 Å². The van der Waals surface area contributed by atoms with Gasteiger partial charge in [-0.15, -0.1) is 0 Å². The Morgan fingerprint density at radius 2 is 1.76 bits per heavy atom. The molecule has 0 aliphatic heterocycles. The lowest BCUT2D eigenvalue weighted by Crippen LogP contribution is -2.31. The van der Waals surface area contributed by atoms with Gasteiger partial charge in [-0.1, -0.05) is 29.8 Å². The molecule has 2 aromatic rings. The fourth-order valence-corrected chi connectivity index (χ4v) is 3.22. The summed E-state index contributed by atoms with van der Waals surface area (Å²) in [5.41, 5.74) is 1.30. The van der Waals surface area contributed by atoms with Crippen LogP contribution in [0.1, 0.15) is 18.5 Å². The van der Waals surface area contributed by atoms with Crippen LogP contribution in [0.25, 0.3) is 0 Å². The Labute approximate surface area is 152 Å². The van der Waals surface area contributed by atoms with Gasteiger partial charge >= 0.3 is 6.03 Å². The highest BCUT2D eigenvalue weighted by Crippen LogP contribution is 2.19. The molecule has 25 heavy (non-hydrogen) atoms. The van der Waals surface area contributed by atoms with Crippen molar-refractivity contribution in [2.24, 2.45) is 0 Å². The first-order chi connectivity index (χ1) is 11.7. The second-order valence-corrected chi connectivity index (χ2v) is 8.28. The number of carbonyl (C=O) groups is 1. The average molecular weight is 382 g/mol. The SMILES string of the molecule is C[C@H](NC(=O)Nc1cccc(S(=O)(=O)N(C)C)c1)c1ccc(Cl)cc1. The number of carbonyl (C=O) groups excluding carboxylic acids is 1. The minimum absolute atomic E-state index is 0.112. The summed E-state index contributed by atoms with van der Waals surface area (Å²) < 4.78 is 25.4. The van der Waals surface area contributed by atoms with Gasteiger partial charge in [-0.25, -0.2) is 17.5 Å². The smallest absolute Gasteiger partial charge is 0.319 e. The molecule has 0 fully saturated rings. The van der Waals surface area contributed by atoms with E-state index in [2.05, 4.69) is 10.6 Å². The Morgan fingerprint density at radius 3 is 2.36 bits per heavy atom. The molecule has 1 atom stereocenters. The number of hydrogen-bond acceptors (Lipinski definition) is 3. The number of anilines is 1. The predicted molar refractivity (Wildman–Crippen MR) is 99.3 cm³/mol. The molecule has 2 aromatic carbocycles. The molecule has 134 valence electrons. The van der Waals surface area contributed by atoms with Gasteiger partial charge in [-0.05, 0) is 42.8 Å². The first kappa shape index (κ1) is 19.2. The first-order valence-electron chi connectivity index (χ1n) is 7.56. The van der Waals surface area contributed by atoms with Crippen LogP contribution in [0.5, 0.6) is 0 Å². The maximum atomic E-state index is 12.1. The van der Waals surface area contributed by atoms with Crippen molar-refractivity contribution < 1.29 is 13.2 Å². The normalized spacial score (nSPS) is 12.7. The van der Waals surface area contributed by atoms with Crippen LogP contribution in [-0.2, 0) is 10.0 Å². The van der Waals surface area contributed by atoms with Gasteiger partial charge in [-0.3, -0.25) is 0 Å². The maximum Gasteiger partial charge on any atom is 0.319 e. The third-order valence-electron chi connectivity index (χ3n) is 3.59. The molecule has 2 amide bonds. The Kier molecular flexibility index (Phi) is 6.05. The van der Waals surface area contributed by atoms with Crippen molar-refractivity contribution in [1.29, 1.82) is 0 Å². The molecule has 0 aliphatic carbocycles. The number of nitrogens with one attached hydrogen (secondary N) is 2. The zero-order valence-corrected chi connectivity index (χ0v) is 15.7. The standard InChI is InChI=1S/C17H20ClN3O3S/c1-12(13-7-9-14(18)10-8-13)19-17(22)20-15-5-4-6-16(11-15)25(23,24)21(2)3/h4-12H,1-3H3,(H2,19,20,22)/t12-/m0/s1. The third kappa shape index (κ3) is 4.94. The van der Waals surface area contributed by atoms with E-state index >= 15 is 0 Å². The van der Waals surface area contributed by atoms with Crippen LogP contribution in [0.4, 0.5) is 10.5 Å². The van der Waals surface area contributed by atoms with Crippen LogP contribution in [0.3, 0.4) is 0 Å². The van der Waals surface area contributed by atoms with E-state index in [-0.39, 0.29) is 10.9 Å². The monoisotopic (exact) mass is 381 g/mol. The van der Waals surface area contributed by atoms with Crippen LogP contribution in [-0.4, -0.2) is 32.8 Å². The van der Waals surface area contributed by atoms with Crippen molar-refractivity contribution in [2.75, 3.05) is 19.4 Å². The number of sulfonamides is 1. The summed E-state index contributed by atoms with van der Waals surface area (Å²) in [4.78, 5) is 12.3. The van der Waals surface area contributed by atoms with E-state index in [1.165, 1.54) is 26.2 Å². The van der Waals surface area contributed by atoms with Crippen molar-refractivity contribution in [1.82, 2.24) is 9.62 Å². The van der Waals surface area contributed by atoms with Crippen molar-refractivity contribution >= 4 is 33.3 Å². The van der Waals surface area contributed by atoms with E-state index in [9.17, 15) is 13.2 Å². The fourth-order valence-electron chi connectivity index (χ4n) is 2.14. The summed E-state index contributed by atoms with van der Waals surface area (Å²) in [5, 5.41) is 6.06. The van der Waals surface area contributed by atoms with E-state index < -0.39 is 16.1 Å². The van der Waals surface area contributed by atoms with Crippen molar-refractivity contribution in [3.63, 3.8) is 0 Å². The molecular weight excluding hydrogens is 362 g/mol. The summed E-state index contributed by atoms with van der Waals surface area (Å²) in [6.07, 6.45) is 0. The second kappa shape index (κ2) is 7.86. The predicted octanol–water partition coefficient (Wildman–Crippen LogP) is 3.47. The van der Waals surface area contributed by atoms with Gasteiger partial charge in [0.25, 0.3) is 0 Å². The number of urea groups is 1. The van der Waals surface area contributed by atoms with E-state index in [1.807, 2.05) is 19.1 Å². The molecule has 6 nitrogen and oxygen atoms in total. The van der Waals surface area contributed by atoms with E-state index in [1.54, 1.807) is 24.3 Å². The van der Waals surface area contributed by atoms with Crippen molar-refractivity contribution in [3.05, 3.63) is 59.1 Å². The quantitative estimate of drug-likeness (QED) is 0.832. The first-order valence-corrected chi connectivity index (χ1v) is 9.37. The van der Waals surface area contributed by atoms with Crippen LogP contribution in [0.2, 0.25) is 5.02 Å². The van der Waals surface area contributed by atoms with Gasteiger partial charge in [0.15, 0.2) is 0 Å². The van der Waals surface area contributed by atoms with Gasteiger partial charge in [0, 0.05) is 24.8 Å². The average Bonchev–Trinajstić information content (AvgIpc) is 2.55. The lowest BCUT2D eigenvalue weighted by atomic mass is 10.1. The van der Waals surface area contributed by atoms with Crippen LogP contribution in [0.15, 0.2) is 53.4 Å². The highest BCUT2D eigenvalue weighted by Gasteiger charge is 2.18. The molecule has 8 heteroatoms. The van der Waals surface area contributed by atoms with E-state index in [0.717, 1.165) is 9.87 Å². The number of halogens is 1. The number of rotatable bonds is 5. The largest absolute Gasteiger partial charge is 0.331 e. The molecule has 0 heterocycles. The second-order valence-electron chi connectivity index (χ2n) is 5.69.